The second-order valence-electron chi connectivity index (χ2n) is 4.64. The van der Waals surface area contributed by atoms with Crippen LogP contribution in [0.3, 0.4) is 0 Å². The van der Waals surface area contributed by atoms with E-state index in [1.54, 1.807) is 0 Å². The Labute approximate surface area is 108 Å². The SMILES string of the molecule is CC(C)CN(CC(C)C)C(=S)SCC(=O)O. The molecule has 0 aliphatic heterocycles. The first-order valence-corrected chi connectivity index (χ1v) is 6.85. The van der Waals surface area contributed by atoms with Gasteiger partial charge in [-0.2, -0.15) is 0 Å². The Bertz CT molecular complexity index is 232. The first-order chi connectivity index (χ1) is 7.32. The molecule has 16 heavy (non-hydrogen) atoms. The third kappa shape index (κ3) is 7.93. The van der Waals surface area contributed by atoms with Crippen LogP contribution in [0, 0.1) is 11.8 Å². The molecule has 0 aromatic rings. The Morgan fingerprint density at radius 1 is 1.25 bits per heavy atom. The van der Waals surface area contributed by atoms with E-state index >= 15 is 0 Å². The van der Waals surface area contributed by atoms with Gasteiger partial charge >= 0.3 is 5.97 Å². The molecule has 0 aromatic heterocycles. The maximum absolute atomic E-state index is 10.5. The summed E-state index contributed by atoms with van der Waals surface area (Å²) in [5, 5.41) is 8.61. The van der Waals surface area contributed by atoms with Gasteiger partial charge < -0.3 is 10.0 Å². The molecule has 0 atom stereocenters. The molecule has 0 bridgehead atoms. The van der Waals surface area contributed by atoms with E-state index in [4.69, 9.17) is 17.3 Å². The van der Waals surface area contributed by atoms with Crippen molar-refractivity contribution in [3.63, 3.8) is 0 Å². The van der Waals surface area contributed by atoms with Gasteiger partial charge in [0.25, 0.3) is 0 Å². The minimum Gasteiger partial charge on any atom is -0.481 e. The Kier molecular flexibility index (Phi) is 7.76. The zero-order chi connectivity index (χ0) is 12.7. The predicted molar refractivity (Wildman–Crippen MR) is 73.9 cm³/mol. The van der Waals surface area contributed by atoms with Crippen LogP contribution in [0.25, 0.3) is 0 Å². The highest BCUT2D eigenvalue weighted by Crippen LogP contribution is 2.13. The average molecular weight is 263 g/mol. The standard InChI is InChI=1S/C11H21NO2S2/c1-8(2)5-12(6-9(3)4)11(15)16-7-10(13)14/h8-9H,5-7H2,1-4H3,(H,13,14). The number of carboxylic acid groups (broad SMARTS) is 1. The molecule has 0 aromatic carbocycles. The molecule has 0 unspecified atom stereocenters. The van der Waals surface area contributed by atoms with E-state index in [0.717, 1.165) is 13.1 Å². The molecule has 94 valence electrons. The van der Waals surface area contributed by atoms with E-state index in [0.29, 0.717) is 16.2 Å². The number of rotatable bonds is 6. The van der Waals surface area contributed by atoms with Crippen LogP contribution < -0.4 is 0 Å². The van der Waals surface area contributed by atoms with Crippen molar-refractivity contribution in [3.05, 3.63) is 0 Å². The minimum atomic E-state index is -0.818. The highest BCUT2D eigenvalue weighted by Gasteiger charge is 2.14. The fourth-order valence-electron chi connectivity index (χ4n) is 1.32. The largest absolute Gasteiger partial charge is 0.481 e. The van der Waals surface area contributed by atoms with Crippen LogP contribution in [0.15, 0.2) is 0 Å². The Morgan fingerprint density at radius 3 is 2.00 bits per heavy atom. The summed E-state index contributed by atoms with van der Waals surface area (Å²) >= 11 is 6.49. The van der Waals surface area contributed by atoms with Crippen molar-refractivity contribution in [2.24, 2.45) is 11.8 Å². The van der Waals surface area contributed by atoms with Gasteiger partial charge in [-0.3, -0.25) is 4.79 Å². The molecule has 0 heterocycles. The van der Waals surface area contributed by atoms with Crippen molar-refractivity contribution in [2.45, 2.75) is 27.7 Å². The first kappa shape index (κ1) is 15.7. The highest BCUT2D eigenvalue weighted by atomic mass is 32.2. The monoisotopic (exact) mass is 263 g/mol. The quantitative estimate of drug-likeness (QED) is 0.746. The van der Waals surface area contributed by atoms with Gasteiger partial charge in [0.05, 0.1) is 5.75 Å². The minimum absolute atomic E-state index is 0.0471. The fourth-order valence-corrected chi connectivity index (χ4v) is 2.22. The fraction of sp³-hybridized carbons (Fsp3) is 0.818. The second-order valence-corrected chi connectivity index (χ2v) is 6.25. The molecule has 1 N–H and O–H groups in total. The van der Waals surface area contributed by atoms with E-state index in [1.165, 1.54) is 11.8 Å². The number of hydrogen-bond acceptors (Lipinski definition) is 3. The van der Waals surface area contributed by atoms with E-state index in [-0.39, 0.29) is 5.75 Å². The van der Waals surface area contributed by atoms with Gasteiger partial charge in [-0.05, 0) is 11.8 Å². The molecular formula is C11H21NO2S2. The molecule has 3 nitrogen and oxygen atoms in total. The lowest BCUT2D eigenvalue weighted by Gasteiger charge is -2.28. The predicted octanol–water partition coefficient (Wildman–Crippen LogP) is 2.70. The summed E-state index contributed by atoms with van der Waals surface area (Å²) in [6.45, 7) is 10.3. The van der Waals surface area contributed by atoms with Crippen LogP contribution in [0.4, 0.5) is 0 Å². The summed E-state index contributed by atoms with van der Waals surface area (Å²) in [6.07, 6.45) is 0. The smallest absolute Gasteiger partial charge is 0.313 e. The van der Waals surface area contributed by atoms with Gasteiger partial charge in [0, 0.05) is 13.1 Å². The molecule has 0 saturated heterocycles. The van der Waals surface area contributed by atoms with Crippen molar-refractivity contribution in [2.75, 3.05) is 18.8 Å². The lowest BCUT2D eigenvalue weighted by molar-refractivity contribution is -0.133. The second kappa shape index (κ2) is 7.90. The number of carbonyl (C=O) groups is 1. The molecular weight excluding hydrogens is 242 g/mol. The summed E-state index contributed by atoms with van der Waals surface area (Å²) in [7, 11) is 0. The Balaban J connectivity index is 4.25. The van der Waals surface area contributed by atoms with Gasteiger partial charge in [-0.15, -0.1) is 0 Å². The molecule has 0 spiro atoms. The summed E-state index contributed by atoms with van der Waals surface area (Å²) in [5.41, 5.74) is 0. The Hall–Kier alpha value is -0.290. The van der Waals surface area contributed by atoms with Crippen molar-refractivity contribution < 1.29 is 9.90 Å². The molecule has 0 aliphatic carbocycles. The van der Waals surface area contributed by atoms with Crippen molar-refractivity contribution in [1.82, 2.24) is 4.90 Å². The molecule has 0 amide bonds. The van der Waals surface area contributed by atoms with Gasteiger partial charge in [-0.25, -0.2) is 0 Å². The van der Waals surface area contributed by atoms with Crippen LogP contribution in [-0.4, -0.2) is 39.1 Å². The van der Waals surface area contributed by atoms with Gasteiger partial charge in [-0.1, -0.05) is 51.7 Å². The van der Waals surface area contributed by atoms with Crippen LogP contribution in [0.1, 0.15) is 27.7 Å². The maximum atomic E-state index is 10.5. The average Bonchev–Trinajstić information content (AvgIpc) is 2.11. The van der Waals surface area contributed by atoms with Gasteiger partial charge in [0.1, 0.15) is 4.32 Å². The molecule has 0 rings (SSSR count). The molecule has 5 heteroatoms. The lowest BCUT2D eigenvalue weighted by atomic mass is 10.1. The molecule has 0 aliphatic rings. The first-order valence-electron chi connectivity index (χ1n) is 5.46. The van der Waals surface area contributed by atoms with Crippen LogP contribution in [0.2, 0.25) is 0 Å². The summed E-state index contributed by atoms with van der Waals surface area (Å²) < 4.78 is 0.699. The molecule has 0 fully saturated rings. The lowest BCUT2D eigenvalue weighted by Crippen LogP contribution is -2.34. The number of thiocarbonyl (C=S) groups is 1. The van der Waals surface area contributed by atoms with Crippen LogP contribution >= 0.6 is 24.0 Å². The van der Waals surface area contributed by atoms with Crippen molar-refractivity contribution >= 4 is 34.3 Å². The van der Waals surface area contributed by atoms with Gasteiger partial charge in [0.15, 0.2) is 0 Å². The van der Waals surface area contributed by atoms with E-state index in [9.17, 15) is 4.79 Å². The van der Waals surface area contributed by atoms with E-state index in [1.807, 2.05) is 0 Å². The Morgan fingerprint density at radius 2 is 1.69 bits per heavy atom. The number of hydrogen-bond donors (Lipinski definition) is 1. The third-order valence-electron chi connectivity index (χ3n) is 1.75. The van der Waals surface area contributed by atoms with E-state index < -0.39 is 5.97 Å². The van der Waals surface area contributed by atoms with Crippen molar-refractivity contribution in [3.8, 4) is 0 Å². The summed E-state index contributed by atoms with van der Waals surface area (Å²) in [6, 6.07) is 0. The molecule has 0 radical (unpaired) electrons. The van der Waals surface area contributed by atoms with E-state index in [2.05, 4.69) is 32.6 Å². The topological polar surface area (TPSA) is 40.5 Å². The maximum Gasteiger partial charge on any atom is 0.313 e. The number of nitrogens with zero attached hydrogens (tertiary/aromatic N) is 1. The number of aliphatic carboxylic acids is 1. The van der Waals surface area contributed by atoms with Gasteiger partial charge in [0.2, 0.25) is 0 Å². The summed E-state index contributed by atoms with van der Waals surface area (Å²) in [5.74, 6) is 0.288. The third-order valence-corrected chi connectivity index (χ3v) is 3.26. The summed E-state index contributed by atoms with van der Waals surface area (Å²) in [4.78, 5) is 12.6. The van der Waals surface area contributed by atoms with Crippen molar-refractivity contribution in [1.29, 1.82) is 0 Å². The zero-order valence-electron chi connectivity index (χ0n) is 10.4. The van der Waals surface area contributed by atoms with Crippen LogP contribution in [-0.2, 0) is 4.79 Å². The normalized spacial score (nSPS) is 10.9. The highest BCUT2D eigenvalue weighted by molar-refractivity contribution is 8.23. The molecule has 0 saturated carbocycles. The zero-order valence-corrected chi connectivity index (χ0v) is 12.0. The number of thioether (sulfide) groups is 1. The number of carboxylic acids is 1. The van der Waals surface area contributed by atoms with Crippen LogP contribution in [0.5, 0.6) is 0 Å².